The van der Waals surface area contributed by atoms with Gasteiger partial charge in [-0.15, -0.1) is 0 Å². The van der Waals surface area contributed by atoms with Gasteiger partial charge in [0.05, 0.1) is 5.69 Å². The number of rotatable bonds is 1. The molecule has 0 aliphatic rings. The largest absolute Gasteiger partial charge is 0.278 e. The van der Waals surface area contributed by atoms with Crippen molar-refractivity contribution in [2.45, 2.75) is 6.92 Å². The molecule has 3 rings (SSSR count). The summed E-state index contributed by atoms with van der Waals surface area (Å²) in [5.41, 5.74) is 3.53. The number of fused-ring (bicyclic) bond motifs is 1. The molecule has 16 heavy (non-hydrogen) atoms. The Morgan fingerprint density at radius 1 is 0.938 bits per heavy atom. The van der Waals surface area contributed by atoms with Crippen LogP contribution < -0.4 is 0 Å². The number of H-pyrrole nitrogens is 1. The minimum atomic E-state index is 1.06. The fraction of sp³-hybridized carbons (Fsp3) is 0.0714. The van der Waals surface area contributed by atoms with Crippen LogP contribution in [0.1, 0.15) is 5.56 Å². The molecule has 0 unspecified atom stereocenters. The normalized spacial score (nSPS) is 10.8. The second-order valence-corrected chi connectivity index (χ2v) is 4.04. The maximum absolute atomic E-state index is 3.97. The highest BCUT2D eigenvalue weighted by atomic mass is 15.1. The van der Waals surface area contributed by atoms with E-state index in [1.54, 1.807) is 6.20 Å². The van der Waals surface area contributed by atoms with Crippen LogP contribution in [0.4, 0.5) is 0 Å². The summed E-state index contributed by atoms with van der Waals surface area (Å²) in [6, 6.07) is 14.9. The van der Waals surface area contributed by atoms with Gasteiger partial charge in [0.2, 0.25) is 0 Å². The SMILES string of the molecule is Cc1ccc2cc(-c3ccn[nH]3)ccc2c1. The fourth-order valence-electron chi connectivity index (χ4n) is 1.95. The predicted octanol–water partition coefficient (Wildman–Crippen LogP) is 3.54. The van der Waals surface area contributed by atoms with Crippen LogP contribution >= 0.6 is 0 Å². The van der Waals surface area contributed by atoms with Crippen LogP contribution in [0.2, 0.25) is 0 Å². The molecule has 0 spiro atoms. The molecule has 1 aromatic heterocycles. The topological polar surface area (TPSA) is 28.7 Å². The minimum absolute atomic E-state index is 1.06. The van der Waals surface area contributed by atoms with E-state index in [4.69, 9.17) is 0 Å². The highest BCUT2D eigenvalue weighted by Gasteiger charge is 2.00. The Kier molecular flexibility index (Phi) is 2.00. The number of aromatic amines is 1. The van der Waals surface area contributed by atoms with Gasteiger partial charge in [-0.05, 0) is 29.8 Å². The molecule has 0 saturated carbocycles. The number of benzene rings is 2. The van der Waals surface area contributed by atoms with Gasteiger partial charge in [-0.2, -0.15) is 5.10 Å². The molecule has 2 aromatic carbocycles. The van der Waals surface area contributed by atoms with Gasteiger partial charge in [-0.1, -0.05) is 35.9 Å². The summed E-state index contributed by atoms with van der Waals surface area (Å²) in [7, 11) is 0. The first-order valence-corrected chi connectivity index (χ1v) is 5.33. The van der Waals surface area contributed by atoms with E-state index >= 15 is 0 Å². The zero-order valence-electron chi connectivity index (χ0n) is 9.07. The molecular weight excluding hydrogens is 196 g/mol. The molecule has 0 bridgehead atoms. The number of hydrogen-bond donors (Lipinski definition) is 1. The summed E-state index contributed by atoms with van der Waals surface area (Å²) in [5.74, 6) is 0. The molecule has 2 nitrogen and oxygen atoms in total. The molecule has 0 aliphatic heterocycles. The zero-order valence-corrected chi connectivity index (χ0v) is 9.07. The van der Waals surface area contributed by atoms with Crippen LogP contribution in [0, 0.1) is 6.92 Å². The Hall–Kier alpha value is -2.09. The molecule has 0 atom stereocenters. The van der Waals surface area contributed by atoms with Gasteiger partial charge in [0.25, 0.3) is 0 Å². The Morgan fingerprint density at radius 3 is 2.56 bits per heavy atom. The van der Waals surface area contributed by atoms with Crippen molar-refractivity contribution in [1.82, 2.24) is 10.2 Å². The third-order valence-electron chi connectivity index (χ3n) is 2.81. The highest BCUT2D eigenvalue weighted by molar-refractivity contribution is 5.87. The van der Waals surface area contributed by atoms with Crippen molar-refractivity contribution in [3.8, 4) is 11.3 Å². The van der Waals surface area contributed by atoms with Crippen LogP contribution in [-0.4, -0.2) is 10.2 Å². The molecule has 1 heterocycles. The van der Waals surface area contributed by atoms with Crippen LogP contribution in [0.15, 0.2) is 48.7 Å². The lowest BCUT2D eigenvalue weighted by Crippen LogP contribution is -1.80. The van der Waals surface area contributed by atoms with E-state index in [0.29, 0.717) is 0 Å². The Labute approximate surface area is 93.9 Å². The quantitative estimate of drug-likeness (QED) is 0.651. The van der Waals surface area contributed by atoms with Crippen LogP contribution in [-0.2, 0) is 0 Å². The first-order valence-electron chi connectivity index (χ1n) is 5.33. The first-order chi connectivity index (χ1) is 7.83. The van der Waals surface area contributed by atoms with Gasteiger partial charge in [0.15, 0.2) is 0 Å². The maximum Gasteiger partial charge on any atom is 0.0650 e. The average Bonchev–Trinajstić information content (AvgIpc) is 2.82. The van der Waals surface area contributed by atoms with E-state index in [-0.39, 0.29) is 0 Å². The number of aryl methyl sites for hydroxylation is 1. The first kappa shape index (κ1) is 9.16. The van der Waals surface area contributed by atoms with E-state index in [1.165, 1.54) is 21.9 Å². The number of nitrogens with zero attached hydrogens (tertiary/aromatic N) is 1. The molecule has 0 amide bonds. The highest BCUT2D eigenvalue weighted by Crippen LogP contribution is 2.23. The summed E-state index contributed by atoms with van der Waals surface area (Å²) in [5, 5.41) is 9.49. The van der Waals surface area contributed by atoms with Crippen molar-refractivity contribution in [2.24, 2.45) is 0 Å². The number of hydrogen-bond acceptors (Lipinski definition) is 1. The predicted molar refractivity (Wildman–Crippen MR) is 66.3 cm³/mol. The standard InChI is InChI=1S/C14H12N2/c1-10-2-3-12-9-13(5-4-11(12)8-10)14-6-7-15-16-14/h2-9H,1H3,(H,15,16). The molecule has 0 radical (unpaired) electrons. The third-order valence-corrected chi connectivity index (χ3v) is 2.81. The second kappa shape index (κ2) is 3.49. The summed E-state index contributed by atoms with van der Waals surface area (Å²) in [6.45, 7) is 2.11. The summed E-state index contributed by atoms with van der Waals surface area (Å²) in [6.07, 6.45) is 1.77. The molecule has 0 fully saturated rings. The van der Waals surface area contributed by atoms with Crippen molar-refractivity contribution in [3.05, 3.63) is 54.2 Å². The monoisotopic (exact) mass is 208 g/mol. The molecule has 3 aromatic rings. The average molecular weight is 208 g/mol. The third kappa shape index (κ3) is 1.48. The van der Waals surface area contributed by atoms with E-state index < -0.39 is 0 Å². The zero-order chi connectivity index (χ0) is 11.0. The second-order valence-electron chi connectivity index (χ2n) is 4.04. The van der Waals surface area contributed by atoms with Crippen LogP contribution in [0.25, 0.3) is 22.0 Å². The van der Waals surface area contributed by atoms with Crippen LogP contribution in [0.3, 0.4) is 0 Å². The van der Waals surface area contributed by atoms with Gasteiger partial charge < -0.3 is 0 Å². The Balaban J connectivity index is 2.20. The van der Waals surface area contributed by atoms with E-state index in [2.05, 4.69) is 53.5 Å². The lowest BCUT2D eigenvalue weighted by atomic mass is 10.0. The molecule has 0 saturated heterocycles. The fourth-order valence-corrected chi connectivity index (χ4v) is 1.95. The smallest absolute Gasteiger partial charge is 0.0650 e. The molecule has 1 N–H and O–H groups in total. The molecule has 0 aliphatic carbocycles. The van der Waals surface area contributed by atoms with Crippen molar-refractivity contribution >= 4 is 10.8 Å². The summed E-state index contributed by atoms with van der Waals surface area (Å²) >= 11 is 0. The maximum atomic E-state index is 3.97. The Bertz CT molecular complexity index is 624. The van der Waals surface area contributed by atoms with Gasteiger partial charge in [0, 0.05) is 11.8 Å². The minimum Gasteiger partial charge on any atom is -0.278 e. The van der Waals surface area contributed by atoms with Gasteiger partial charge in [-0.25, -0.2) is 0 Å². The van der Waals surface area contributed by atoms with E-state index in [9.17, 15) is 0 Å². The van der Waals surface area contributed by atoms with E-state index in [0.717, 1.165) is 5.69 Å². The van der Waals surface area contributed by atoms with Crippen LogP contribution in [0.5, 0.6) is 0 Å². The van der Waals surface area contributed by atoms with Gasteiger partial charge in [0.1, 0.15) is 0 Å². The van der Waals surface area contributed by atoms with Crippen molar-refractivity contribution < 1.29 is 0 Å². The lowest BCUT2D eigenvalue weighted by Gasteiger charge is -2.02. The molecular formula is C14H12N2. The van der Waals surface area contributed by atoms with Crippen molar-refractivity contribution in [3.63, 3.8) is 0 Å². The number of nitrogens with one attached hydrogen (secondary N) is 1. The lowest BCUT2D eigenvalue weighted by molar-refractivity contribution is 1.10. The van der Waals surface area contributed by atoms with Crippen molar-refractivity contribution in [1.29, 1.82) is 0 Å². The Morgan fingerprint density at radius 2 is 1.75 bits per heavy atom. The van der Waals surface area contributed by atoms with Gasteiger partial charge in [-0.3, -0.25) is 5.10 Å². The summed E-state index contributed by atoms with van der Waals surface area (Å²) in [4.78, 5) is 0. The van der Waals surface area contributed by atoms with Gasteiger partial charge >= 0.3 is 0 Å². The molecule has 2 heteroatoms. The van der Waals surface area contributed by atoms with Crippen molar-refractivity contribution in [2.75, 3.05) is 0 Å². The number of aromatic nitrogens is 2. The molecule has 78 valence electrons. The summed E-state index contributed by atoms with van der Waals surface area (Å²) < 4.78 is 0. The van der Waals surface area contributed by atoms with E-state index in [1.807, 2.05) is 6.07 Å².